The summed E-state index contributed by atoms with van der Waals surface area (Å²) in [5.41, 5.74) is 5.51. The van der Waals surface area contributed by atoms with Crippen LogP contribution in [0.2, 0.25) is 0 Å². The van der Waals surface area contributed by atoms with E-state index in [0.717, 1.165) is 31.8 Å². The minimum atomic E-state index is -0.747. The van der Waals surface area contributed by atoms with Gasteiger partial charge in [0.15, 0.2) is 0 Å². The monoisotopic (exact) mass is 176 g/mol. The average Bonchev–Trinajstić information content (AvgIpc) is 2.50. The summed E-state index contributed by atoms with van der Waals surface area (Å²) in [6.45, 7) is 4.57. The number of nitrogens with two attached hydrogens (primary N) is 1. The lowest BCUT2D eigenvalue weighted by Crippen LogP contribution is -2.26. The Balaban J connectivity index is 2.35. The predicted molar refractivity (Wildman–Crippen MR) is 47.4 cm³/mol. The highest BCUT2D eigenvalue weighted by atomic mass is 32.2. The molecule has 2 unspecified atom stereocenters. The van der Waals surface area contributed by atoms with Gasteiger partial charge in [-0.15, -0.1) is 0 Å². The average molecular weight is 176 g/mol. The minimum absolute atomic E-state index is 0.575. The molecule has 66 valence electrons. The fraction of sp³-hybridized carbons (Fsp3) is 1.00. The molecule has 0 bridgehead atoms. The Bertz CT molecular complexity index is 151. The third kappa shape index (κ3) is 2.25. The molecular formula is C7H16N2OS. The number of hydrogen-bond donors (Lipinski definition) is 1. The molecule has 4 heteroatoms. The summed E-state index contributed by atoms with van der Waals surface area (Å²) in [6, 6.07) is 0. The summed E-state index contributed by atoms with van der Waals surface area (Å²) in [5, 5.41) is 0. The molecule has 1 saturated heterocycles. The van der Waals surface area contributed by atoms with E-state index in [0.29, 0.717) is 5.92 Å². The van der Waals surface area contributed by atoms with Crippen LogP contribution in [0.1, 0.15) is 13.3 Å². The molecule has 11 heavy (non-hydrogen) atoms. The van der Waals surface area contributed by atoms with Crippen LogP contribution in [0, 0.1) is 5.92 Å². The van der Waals surface area contributed by atoms with Crippen LogP contribution in [0.5, 0.6) is 0 Å². The van der Waals surface area contributed by atoms with Crippen molar-refractivity contribution in [3.63, 3.8) is 0 Å². The summed E-state index contributed by atoms with van der Waals surface area (Å²) in [6.07, 6.45) is 1.11. The summed E-state index contributed by atoms with van der Waals surface area (Å²) >= 11 is 0. The molecule has 1 fully saturated rings. The molecule has 0 radical (unpaired) electrons. The quantitative estimate of drug-likeness (QED) is 0.655. The molecular weight excluding hydrogens is 160 g/mol. The molecule has 0 aromatic heterocycles. The summed E-state index contributed by atoms with van der Waals surface area (Å²) < 4.78 is 13.3. The maximum atomic E-state index is 11.3. The van der Waals surface area contributed by atoms with E-state index >= 15 is 0 Å². The van der Waals surface area contributed by atoms with Crippen LogP contribution >= 0.6 is 0 Å². The zero-order valence-electron chi connectivity index (χ0n) is 6.95. The van der Waals surface area contributed by atoms with Gasteiger partial charge in [0.1, 0.15) is 0 Å². The minimum Gasteiger partial charge on any atom is -0.330 e. The van der Waals surface area contributed by atoms with Crippen LogP contribution in [0.25, 0.3) is 0 Å². The van der Waals surface area contributed by atoms with Crippen LogP contribution < -0.4 is 5.73 Å². The van der Waals surface area contributed by atoms with Crippen molar-refractivity contribution in [2.75, 3.05) is 25.4 Å². The first-order valence-electron chi connectivity index (χ1n) is 4.11. The van der Waals surface area contributed by atoms with E-state index in [1.165, 1.54) is 0 Å². The molecule has 3 nitrogen and oxygen atoms in total. The molecule has 0 aromatic rings. The maximum absolute atomic E-state index is 11.3. The van der Waals surface area contributed by atoms with Gasteiger partial charge in [0.25, 0.3) is 0 Å². The van der Waals surface area contributed by atoms with Crippen LogP contribution in [0.4, 0.5) is 0 Å². The maximum Gasteiger partial charge on any atom is 0.0939 e. The molecule has 0 saturated carbocycles. The molecule has 0 amide bonds. The molecule has 2 atom stereocenters. The second-order valence-corrected chi connectivity index (χ2v) is 4.63. The van der Waals surface area contributed by atoms with Gasteiger partial charge in [0, 0.05) is 18.8 Å². The Morgan fingerprint density at radius 3 is 2.91 bits per heavy atom. The van der Waals surface area contributed by atoms with Gasteiger partial charge in [-0.05, 0) is 18.9 Å². The SMILES string of the molecule is CCS(=O)N1CCC(CN)C1. The normalized spacial score (nSPS) is 29.1. The number of rotatable bonds is 3. The zero-order chi connectivity index (χ0) is 8.27. The standard InChI is InChI=1S/C7H16N2OS/c1-2-11(10)9-4-3-7(5-8)6-9/h7H,2-6,8H2,1H3. The van der Waals surface area contributed by atoms with Crippen LogP contribution in [0.15, 0.2) is 0 Å². The van der Waals surface area contributed by atoms with Gasteiger partial charge < -0.3 is 5.73 Å². The van der Waals surface area contributed by atoms with E-state index in [9.17, 15) is 4.21 Å². The Morgan fingerprint density at radius 2 is 2.45 bits per heavy atom. The molecule has 1 rings (SSSR count). The summed E-state index contributed by atoms with van der Waals surface area (Å²) in [5.74, 6) is 1.31. The van der Waals surface area contributed by atoms with Crippen molar-refractivity contribution in [2.45, 2.75) is 13.3 Å². The van der Waals surface area contributed by atoms with E-state index in [-0.39, 0.29) is 0 Å². The van der Waals surface area contributed by atoms with Gasteiger partial charge in [-0.25, -0.2) is 8.51 Å². The Kier molecular flexibility index (Phi) is 3.48. The molecule has 0 spiro atoms. The van der Waals surface area contributed by atoms with Crippen molar-refractivity contribution < 1.29 is 4.21 Å². The summed E-state index contributed by atoms with van der Waals surface area (Å²) in [4.78, 5) is 0. The Labute approximate surface area is 70.5 Å². The van der Waals surface area contributed by atoms with E-state index in [4.69, 9.17) is 5.73 Å². The van der Waals surface area contributed by atoms with E-state index < -0.39 is 11.0 Å². The molecule has 0 aromatic carbocycles. The molecule has 0 aliphatic carbocycles. The van der Waals surface area contributed by atoms with E-state index in [1.54, 1.807) is 0 Å². The smallest absolute Gasteiger partial charge is 0.0939 e. The van der Waals surface area contributed by atoms with Gasteiger partial charge in [-0.2, -0.15) is 0 Å². The van der Waals surface area contributed by atoms with Crippen LogP contribution in [-0.2, 0) is 11.0 Å². The van der Waals surface area contributed by atoms with Crippen molar-refractivity contribution in [3.05, 3.63) is 0 Å². The van der Waals surface area contributed by atoms with Crippen molar-refractivity contribution in [1.29, 1.82) is 0 Å². The third-order valence-electron chi connectivity index (χ3n) is 2.12. The third-order valence-corrected chi connectivity index (χ3v) is 3.52. The number of nitrogens with zero attached hydrogens (tertiary/aromatic N) is 1. The van der Waals surface area contributed by atoms with Gasteiger partial charge in [-0.3, -0.25) is 0 Å². The first-order valence-corrected chi connectivity index (χ1v) is 5.39. The summed E-state index contributed by atoms with van der Waals surface area (Å²) in [7, 11) is -0.747. The molecule has 1 heterocycles. The van der Waals surface area contributed by atoms with Gasteiger partial charge >= 0.3 is 0 Å². The fourth-order valence-corrected chi connectivity index (χ4v) is 2.41. The first-order chi connectivity index (χ1) is 5.27. The second kappa shape index (κ2) is 4.18. The first kappa shape index (κ1) is 9.16. The predicted octanol–water partition coefficient (Wildman–Crippen LogP) is -0.0494. The van der Waals surface area contributed by atoms with Gasteiger partial charge in [0.2, 0.25) is 0 Å². The fourth-order valence-electron chi connectivity index (χ4n) is 1.36. The van der Waals surface area contributed by atoms with Crippen molar-refractivity contribution in [2.24, 2.45) is 11.7 Å². The second-order valence-electron chi connectivity index (χ2n) is 2.89. The van der Waals surface area contributed by atoms with E-state index in [2.05, 4.69) is 0 Å². The highest BCUT2D eigenvalue weighted by molar-refractivity contribution is 7.82. The van der Waals surface area contributed by atoms with Crippen molar-refractivity contribution in [3.8, 4) is 0 Å². The lowest BCUT2D eigenvalue weighted by atomic mass is 10.1. The molecule has 1 aliphatic rings. The lowest BCUT2D eigenvalue weighted by molar-refractivity contribution is 0.502. The topological polar surface area (TPSA) is 46.3 Å². The van der Waals surface area contributed by atoms with Gasteiger partial charge in [0.05, 0.1) is 11.0 Å². The molecule has 1 aliphatic heterocycles. The molecule has 2 N–H and O–H groups in total. The van der Waals surface area contributed by atoms with Crippen molar-refractivity contribution >= 4 is 11.0 Å². The Morgan fingerprint density at radius 1 is 1.73 bits per heavy atom. The van der Waals surface area contributed by atoms with Gasteiger partial charge in [-0.1, -0.05) is 6.92 Å². The highest BCUT2D eigenvalue weighted by Gasteiger charge is 2.23. The van der Waals surface area contributed by atoms with Crippen LogP contribution in [-0.4, -0.2) is 33.9 Å². The zero-order valence-corrected chi connectivity index (χ0v) is 7.77. The lowest BCUT2D eigenvalue weighted by Gasteiger charge is -2.12. The van der Waals surface area contributed by atoms with Crippen molar-refractivity contribution in [1.82, 2.24) is 4.31 Å². The van der Waals surface area contributed by atoms with E-state index in [1.807, 2.05) is 11.2 Å². The largest absolute Gasteiger partial charge is 0.330 e. The number of hydrogen-bond acceptors (Lipinski definition) is 2. The highest BCUT2D eigenvalue weighted by Crippen LogP contribution is 2.16. The Hall–Kier alpha value is 0.0700. The van der Waals surface area contributed by atoms with Crippen LogP contribution in [0.3, 0.4) is 0 Å².